The van der Waals surface area contributed by atoms with Gasteiger partial charge in [0.05, 0.1) is 0 Å². The van der Waals surface area contributed by atoms with E-state index in [1.54, 1.807) is 0 Å². The first-order valence-electron chi connectivity index (χ1n) is 5.49. The number of nitrogens with two attached hydrogens (primary N) is 1. The van der Waals surface area contributed by atoms with Crippen LogP contribution in [0.2, 0.25) is 0 Å². The van der Waals surface area contributed by atoms with Gasteiger partial charge in [0, 0.05) is 6.04 Å². The Kier molecular flexibility index (Phi) is 2.60. The second-order valence-corrected chi connectivity index (χ2v) is 4.71. The van der Waals surface area contributed by atoms with Crippen molar-refractivity contribution in [3.8, 4) is 0 Å². The summed E-state index contributed by atoms with van der Waals surface area (Å²) in [4.78, 5) is 0. The van der Waals surface area contributed by atoms with Gasteiger partial charge in [0.2, 0.25) is 0 Å². The zero-order valence-electron chi connectivity index (χ0n) is 9.09. The van der Waals surface area contributed by atoms with Crippen LogP contribution in [0.4, 0.5) is 0 Å². The molecule has 1 aromatic carbocycles. The molecule has 1 aromatic rings. The van der Waals surface area contributed by atoms with Crippen molar-refractivity contribution < 1.29 is 0 Å². The molecule has 1 nitrogen and oxygen atoms in total. The Hall–Kier alpha value is -0.820. The Bertz CT molecular complexity index is 306. The molecule has 1 saturated carbocycles. The zero-order valence-corrected chi connectivity index (χ0v) is 9.09. The summed E-state index contributed by atoms with van der Waals surface area (Å²) in [6.45, 7) is 4.28. The summed E-state index contributed by atoms with van der Waals surface area (Å²) in [5.41, 5.74) is 10.1. The van der Waals surface area contributed by atoms with E-state index in [1.165, 1.54) is 36.0 Å². The molecule has 1 fully saturated rings. The number of aryl methyl sites for hydroxylation is 2. The Labute approximate surface area is 86.3 Å². The van der Waals surface area contributed by atoms with Gasteiger partial charge in [-0.1, -0.05) is 42.2 Å². The quantitative estimate of drug-likeness (QED) is 0.776. The molecule has 1 heteroatoms. The Morgan fingerprint density at radius 3 is 2.29 bits per heavy atom. The van der Waals surface area contributed by atoms with Crippen molar-refractivity contribution in [1.29, 1.82) is 0 Å². The third-order valence-corrected chi connectivity index (χ3v) is 2.96. The predicted molar refractivity (Wildman–Crippen MR) is 60.2 cm³/mol. The number of rotatable bonds is 3. The number of hydrogen-bond acceptors (Lipinski definition) is 1. The number of benzene rings is 1. The normalized spacial score (nSPS) is 18.2. The van der Waals surface area contributed by atoms with Crippen molar-refractivity contribution in [2.24, 2.45) is 11.7 Å². The molecule has 1 aliphatic carbocycles. The van der Waals surface area contributed by atoms with Gasteiger partial charge in [-0.3, -0.25) is 0 Å². The van der Waals surface area contributed by atoms with Crippen molar-refractivity contribution in [3.05, 3.63) is 34.9 Å². The van der Waals surface area contributed by atoms with Crippen LogP contribution in [-0.4, -0.2) is 0 Å². The van der Waals surface area contributed by atoms with E-state index in [0.717, 1.165) is 5.92 Å². The minimum atomic E-state index is 0.251. The van der Waals surface area contributed by atoms with Crippen molar-refractivity contribution in [2.45, 2.75) is 39.2 Å². The molecule has 1 atom stereocenters. The third kappa shape index (κ3) is 2.36. The predicted octanol–water partition coefficient (Wildman–Crippen LogP) is 3.10. The summed E-state index contributed by atoms with van der Waals surface area (Å²) < 4.78 is 0. The summed E-state index contributed by atoms with van der Waals surface area (Å²) in [5, 5.41) is 0. The minimum absolute atomic E-state index is 0.251. The molecule has 0 heterocycles. The molecular formula is C13H19N. The van der Waals surface area contributed by atoms with Gasteiger partial charge in [-0.05, 0) is 31.7 Å². The maximum atomic E-state index is 6.17. The van der Waals surface area contributed by atoms with Gasteiger partial charge in [0.1, 0.15) is 0 Å². The van der Waals surface area contributed by atoms with Crippen LogP contribution in [0.15, 0.2) is 18.2 Å². The molecule has 0 aromatic heterocycles. The van der Waals surface area contributed by atoms with Crippen LogP contribution in [0.1, 0.15) is 42.0 Å². The zero-order chi connectivity index (χ0) is 10.1. The lowest BCUT2D eigenvalue weighted by Crippen LogP contribution is -2.11. The van der Waals surface area contributed by atoms with Crippen LogP contribution >= 0.6 is 0 Å². The first-order valence-corrected chi connectivity index (χ1v) is 5.49. The molecule has 0 amide bonds. The van der Waals surface area contributed by atoms with E-state index in [9.17, 15) is 0 Å². The van der Waals surface area contributed by atoms with Gasteiger partial charge < -0.3 is 5.73 Å². The van der Waals surface area contributed by atoms with E-state index in [-0.39, 0.29) is 6.04 Å². The van der Waals surface area contributed by atoms with E-state index < -0.39 is 0 Å². The van der Waals surface area contributed by atoms with E-state index in [0.29, 0.717) is 0 Å². The maximum Gasteiger partial charge on any atom is 0.0297 e. The van der Waals surface area contributed by atoms with Crippen LogP contribution in [-0.2, 0) is 0 Å². The van der Waals surface area contributed by atoms with Gasteiger partial charge in [0.25, 0.3) is 0 Å². The lowest BCUT2D eigenvalue weighted by molar-refractivity contribution is 0.596. The van der Waals surface area contributed by atoms with Crippen molar-refractivity contribution in [3.63, 3.8) is 0 Å². The summed E-state index contributed by atoms with van der Waals surface area (Å²) in [6, 6.07) is 6.90. The highest BCUT2D eigenvalue weighted by atomic mass is 14.6. The lowest BCUT2D eigenvalue weighted by Gasteiger charge is -2.13. The molecule has 0 bridgehead atoms. The van der Waals surface area contributed by atoms with Gasteiger partial charge in [-0.25, -0.2) is 0 Å². The molecule has 0 radical (unpaired) electrons. The summed E-state index contributed by atoms with van der Waals surface area (Å²) in [7, 11) is 0. The van der Waals surface area contributed by atoms with Crippen LogP contribution in [0.5, 0.6) is 0 Å². The van der Waals surface area contributed by atoms with E-state index in [4.69, 9.17) is 5.73 Å². The Morgan fingerprint density at radius 1 is 1.21 bits per heavy atom. The maximum absolute atomic E-state index is 6.17. The molecule has 0 saturated heterocycles. The summed E-state index contributed by atoms with van der Waals surface area (Å²) in [5.74, 6) is 0.908. The average Bonchev–Trinajstić information content (AvgIpc) is 2.86. The largest absolute Gasteiger partial charge is 0.324 e. The molecule has 2 rings (SSSR count). The standard InChI is InChI=1S/C13H19N/c1-9-5-10(2)7-12(6-9)13(14)8-11-3-4-11/h5-7,11,13H,3-4,8,14H2,1-2H3/t13-/m1/s1. The number of hydrogen-bond donors (Lipinski definition) is 1. The van der Waals surface area contributed by atoms with Crippen molar-refractivity contribution in [2.75, 3.05) is 0 Å². The smallest absolute Gasteiger partial charge is 0.0297 e. The minimum Gasteiger partial charge on any atom is -0.324 e. The molecule has 0 spiro atoms. The first-order chi connectivity index (χ1) is 6.65. The van der Waals surface area contributed by atoms with Crippen LogP contribution in [0.25, 0.3) is 0 Å². The van der Waals surface area contributed by atoms with Crippen molar-refractivity contribution in [1.82, 2.24) is 0 Å². The first kappa shape index (κ1) is 9.72. The molecule has 0 unspecified atom stereocenters. The lowest BCUT2D eigenvalue weighted by atomic mass is 9.98. The molecule has 14 heavy (non-hydrogen) atoms. The monoisotopic (exact) mass is 189 g/mol. The summed E-state index contributed by atoms with van der Waals surface area (Å²) >= 11 is 0. The highest BCUT2D eigenvalue weighted by Gasteiger charge is 2.24. The van der Waals surface area contributed by atoms with Crippen molar-refractivity contribution >= 4 is 0 Å². The Morgan fingerprint density at radius 2 is 1.79 bits per heavy atom. The fourth-order valence-corrected chi connectivity index (χ4v) is 2.07. The van der Waals surface area contributed by atoms with Gasteiger partial charge in [-0.2, -0.15) is 0 Å². The van der Waals surface area contributed by atoms with E-state index in [2.05, 4.69) is 32.0 Å². The average molecular weight is 189 g/mol. The third-order valence-electron chi connectivity index (χ3n) is 2.96. The Balaban J connectivity index is 2.12. The van der Waals surface area contributed by atoms with Crippen LogP contribution in [0.3, 0.4) is 0 Å². The summed E-state index contributed by atoms with van der Waals surface area (Å²) in [6.07, 6.45) is 3.94. The molecule has 0 aliphatic heterocycles. The molecular weight excluding hydrogens is 170 g/mol. The SMILES string of the molecule is Cc1cc(C)cc([C@H](N)CC2CC2)c1. The molecule has 76 valence electrons. The van der Waals surface area contributed by atoms with Gasteiger partial charge >= 0.3 is 0 Å². The fraction of sp³-hybridized carbons (Fsp3) is 0.538. The second kappa shape index (κ2) is 3.74. The highest BCUT2D eigenvalue weighted by molar-refractivity contribution is 5.30. The van der Waals surface area contributed by atoms with Crippen LogP contribution < -0.4 is 5.73 Å². The van der Waals surface area contributed by atoms with Crippen LogP contribution in [0, 0.1) is 19.8 Å². The van der Waals surface area contributed by atoms with Gasteiger partial charge in [0.15, 0.2) is 0 Å². The second-order valence-electron chi connectivity index (χ2n) is 4.71. The van der Waals surface area contributed by atoms with E-state index in [1.807, 2.05) is 0 Å². The topological polar surface area (TPSA) is 26.0 Å². The highest BCUT2D eigenvalue weighted by Crippen LogP contribution is 2.36. The molecule has 1 aliphatic rings. The van der Waals surface area contributed by atoms with E-state index >= 15 is 0 Å². The fourth-order valence-electron chi connectivity index (χ4n) is 2.07. The molecule has 2 N–H and O–H groups in total. The van der Waals surface area contributed by atoms with Gasteiger partial charge in [-0.15, -0.1) is 0 Å².